The summed E-state index contributed by atoms with van der Waals surface area (Å²) >= 11 is 1.11. The van der Waals surface area contributed by atoms with Crippen molar-refractivity contribution in [1.82, 2.24) is 4.72 Å². The molecule has 2 aromatic carbocycles. The van der Waals surface area contributed by atoms with Crippen molar-refractivity contribution in [3.05, 3.63) is 70.3 Å². The van der Waals surface area contributed by atoms with Crippen molar-refractivity contribution in [3.63, 3.8) is 0 Å². The Labute approximate surface area is 154 Å². The molecule has 8 nitrogen and oxygen atoms in total. The number of rotatable bonds is 9. The van der Waals surface area contributed by atoms with E-state index in [-0.39, 0.29) is 22.9 Å². The lowest BCUT2D eigenvalue weighted by Crippen LogP contribution is -2.26. The number of carboxylic acid groups (broad SMARTS) is 1. The van der Waals surface area contributed by atoms with E-state index in [1.54, 1.807) is 30.3 Å². The molecular formula is C16H16N2O6S2. The van der Waals surface area contributed by atoms with Crippen LogP contribution in [0.5, 0.6) is 0 Å². The number of benzene rings is 2. The lowest BCUT2D eigenvalue weighted by Gasteiger charge is -2.13. The first-order chi connectivity index (χ1) is 12.3. The quantitative estimate of drug-likeness (QED) is 0.378. The van der Waals surface area contributed by atoms with Gasteiger partial charge in [-0.1, -0.05) is 30.3 Å². The smallest absolute Gasteiger partial charge is 0.321 e. The van der Waals surface area contributed by atoms with Crippen LogP contribution in [-0.4, -0.2) is 36.7 Å². The van der Waals surface area contributed by atoms with Crippen molar-refractivity contribution in [3.8, 4) is 0 Å². The van der Waals surface area contributed by atoms with Gasteiger partial charge in [-0.2, -0.15) is 0 Å². The summed E-state index contributed by atoms with van der Waals surface area (Å²) in [5.74, 6) is -0.752. The third-order valence-corrected chi connectivity index (χ3v) is 6.09. The highest BCUT2D eigenvalue weighted by Gasteiger charge is 2.20. The number of nitro benzene ring substituents is 1. The fourth-order valence-electron chi connectivity index (χ4n) is 2.12. The molecule has 0 spiro atoms. The van der Waals surface area contributed by atoms with E-state index in [9.17, 15) is 28.4 Å². The van der Waals surface area contributed by atoms with E-state index >= 15 is 0 Å². The largest absolute Gasteiger partial charge is 0.480 e. The van der Waals surface area contributed by atoms with Gasteiger partial charge in [0.1, 0.15) is 5.25 Å². The van der Waals surface area contributed by atoms with Crippen molar-refractivity contribution in [2.45, 2.75) is 10.1 Å². The molecule has 0 saturated carbocycles. The van der Waals surface area contributed by atoms with E-state index in [1.807, 2.05) is 0 Å². The summed E-state index contributed by atoms with van der Waals surface area (Å²) in [5.41, 5.74) is 0.426. The van der Waals surface area contributed by atoms with E-state index < -0.39 is 26.2 Å². The van der Waals surface area contributed by atoms with Crippen molar-refractivity contribution >= 4 is 33.4 Å². The van der Waals surface area contributed by atoms with Gasteiger partial charge in [0.15, 0.2) is 0 Å². The molecule has 2 aromatic rings. The van der Waals surface area contributed by atoms with Gasteiger partial charge in [0.25, 0.3) is 5.69 Å². The lowest BCUT2D eigenvalue weighted by atomic mass is 10.1. The van der Waals surface area contributed by atoms with Gasteiger partial charge in [0.05, 0.1) is 9.82 Å². The van der Waals surface area contributed by atoms with E-state index in [1.165, 1.54) is 0 Å². The van der Waals surface area contributed by atoms with Gasteiger partial charge in [-0.25, -0.2) is 13.1 Å². The second-order valence-electron chi connectivity index (χ2n) is 5.15. The summed E-state index contributed by atoms with van der Waals surface area (Å²) < 4.78 is 26.7. The van der Waals surface area contributed by atoms with Crippen LogP contribution in [0.25, 0.3) is 0 Å². The normalized spacial score (nSPS) is 12.5. The Bertz CT molecular complexity index is 869. The fourth-order valence-corrected chi connectivity index (χ4v) is 4.23. The third-order valence-electron chi connectivity index (χ3n) is 3.36. The molecule has 2 N–H and O–H groups in total. The fraction of sp³-hybridized carbons (Fsp3) is 0.188. The molecule has 0 aliphatic heterocycles. The van der Waals surface area contributed by atoms with Crippen LogP contribution in [0.2, 0.25) is 0 Å². The Morgan fingerprint density at radius 2 is 1.77 bits per heavy atom. The monoisotopic (exact) mass is 396 g/mol. The van der Waals surface area contributed by atoms with Gasteiger partial charge in [-0.3, -0.25) is 14.9 Å². The molecule has 1 atom stereocenters. The van der Waals surface area contributed by atoms with E-state index in [4.69, 9.17) is 0 Å². The van der Waals surface area contributed by atoms with Crippen molar-refractivity contribution < 1.29 is 23.2 Å². The molecule has 26 heavy (non-hydrogen) atoms. The molecule has 0 bridgehead atoms. The average Bonchev–Trinajstić information content (AvgIpc) is 2.62. The predicted molar refractivity (Wildman–Crippen MR) is 97.6 cm³/mol. The molecule has 10 heteroatoms. The van der Waals surface area contributed by atoms with Gasteiger partial charge in [0.2, 0.25) is 10.0 Å². The van der Waals surface area contributed by atoms with Crippen LogP contribution in [-0.2, 0) is 14.8 Å². The van der Waals surface area contributed by atoms with Crippen molar-refractivity contribution in [1.29, 1.82) is 0 Å². The Hall–Kier alpha value is -2.43. The number of nitrogens with one attached hydrogen (secondary N) is 1. The van der Waals surface area contributed by atoms with Gasteiger partial charge in [-0.15, -0.1) is 11.8 Å². The molecule has 0 aliphatic rings. The van der Waals surface area contributed by atoms with E-state index in [0.717, 1.165) is 36.0 Å². The molecule has 0 heterocycles. The molecule has 0 aliphatic carbocycles. The number of thioether (sulfide) groups is 1. The highest BCUT2D eigenvalue weighted by atomic mass is 32.2. The van der Waals surface area contributed by atoms with Crippen LogP contribution in [0.1, 0.15) is 10.8 Å². The summed E-state index contributed by atoms with van der Waals surface area (Å²) in [4.78, 5) is 21.3. The van der Waals surface area contributed by atoms with Crippen LogP contribution in [0.3, 0.4) is 0 Å². The van der Waals surface area contributed by atoms with Crippen LogP contribution < -0.4 is 4.72 Å². The first kappa shape index (κ1) is 19.9. The van der Waals surface area contributed by atoms with E-state index in [2.05, 4.69) is 4.72 Å². The highest BCUT2D eigenvalue weighted by Crippen LogP contribution is 2.28. The summed E-state index contributed by atoms with van der Waals surface area (Å²) in [5, 5.41) is 19.1. The van der Waals surface area contributed by atoms with Crippen LogP contribution in [0.15, 0.2) is 59.5 Å². The van der Waals surface area contributed by atoms with Crippen molar-refractivity contribution in [2.75, 3.05) is 12.3 Å². The summed E-state index contributed by atoms with van der Waals surface area (Å²) in [6.45, 7) is 0.0284. The minimum atomic E-state index is -3.82. The molecule has 2 rings (SSSR count). The van der Waals surface area contributed by atoms with Gasteiger partial charge >= 0.3 is 5.97 Å². The van der Waals surface area contributed by atoms with Gasteiger partial charge in [-0.05, 0) is 17.7 Å². The first-order valence-electron chi connectivity index (χ1n) is 7.45. The zero-order chi connectivity index (χ0) is 19.2. The number of hydrogen-bond donors (Lipinski definition) is 2. The minimum Gasteiger partial charge on any atom is -0.480 e. The Kier molecular flexibility index (Phi) is 6.72. The molecular weight excluding hydrogens is 380 g/mol. The number of carboxylic acids is 1. The zero-order valence-corrected chi connectivity index (χ0v) is 15.1. The van der Waals surface area contributed by atoms with Gasteiger partial charge in [0, 0.05) is 24.4 Å². The molecule has 1 unspecified atom stereocenters. The highest BCUT2D eigenvalue weighted by molar-refractivity contribution is 8.00. The topological polar surface area (TPSA) is 127 Å². The average molecular weight is 396 g/mol. The lowest BCUT2D eigenvalue weighted by molar-refractivity contribution is -0.384. The summed E-state index contributed by atoms with van der Waals surface area (Å²) in [6.07, 6.45) is 0. The Morgan fingerprint density at radius 1 is 1.15 bits per heavy atom. The Balaban J connectivity index is 1.93. The molecule has 138 valence electrons. The molecule has 0 saturated heterocycles. The first-order valence-corrected chi connectivity index (χ1v) is 9.98. The zero-order valence-electron chi connectivity index (χ0n) is 13.4. The second kappa shape index (κ2) is 8.79. The number of non-ortho nitro benzene ring substituents is 1. The number of aliphatic carboxylic acids is 1. The number of nitrogens with zero attached hydrogens (tertiary/aromatic N) is 1. The molecule has 0 fully saturated rings. The van der Waals surface area contributed by atoms with Crippen LogP contribution in [0.4, 0.5) is 5.69 Å². The minimum absolute atomic E-state index is 0.0284. The maximum absolute atomic E-state index is 12.2. The maximum atomic E-state index is 12.2. The standard InChI is InChI=1S/C16H16N2O6S2/c19-16(20)15(12-4-2-1-3-5-12)25-11-10-17-26(23,24)14-8-6-13(7-9-14)18(21)22/h1-9,15,17H,10-11H2,(H,19,20). The van der Waals surface area contributed by atoms with Crippen molar-refractivity contribution in [2.24, 2.45) is 0 Å². The summed E-state index contributed by atoms with van der Waals surface area (Å²) in [6, 6.07) is 13.2. The molecule has 0 amide bonds. The third kappa shape index (κ3) is 5.28. The SMILES string of the molecule is O=C(O)C(SCCNS(=O)(=O)c1ccc([N+](=O)[O-])cc1)c1ccccc1. The van der Waals surface area contributed by atoms with Crippen LogP contribution >= 0.6 is 11.8 Å². The molecule has 0 aromatic heterocycles. The predicted octanol–water partition coefficient (Wildman–Crippen LogP) is 2.43. The van der Waals surface area contributed by atoms with Crippen LogP contribution in [0, 0.1) is 10.1 Å². The number of carbonyl (C=O) groups is 1. The summed E-state index contributed by atoms with van der Waals surface area (Å²) in [7, 11) is -3.82. The Morgan fingerprint density at radius 3 is 2.31 bits per heavy atom. The van der Waals surface area contributed by atoms with Gasteiger partial charge < -0.3 is 5.11 Å². The number of hydrogen-bond acceptors (Lipinski definition) is 6. The second-order valence-corrected chi connectivity index (χ2v) is 8.13. The number of sulfonamides is 1. The number of nitro groups is 1. The molecule has 0 radical (unpaired) electrons. The van der Waals surface area contributed by atoms with E-state index in [0.29, 0.717) is 5.56 Å². The maximum Gasteiger partial charge on any atom is 0.321 e.